The fraction of sp³-hybridized carbons (Fsp3) is 0.0370. The lowest BCUT2D eigenvalue weighted by Gasteiger charge is -2.39. The second-order valence-electron chi connectivity index (χ2n) is 22.8. The Morgan fingerprint density at radius 1 is 0.190 bits per heavy atom. The maximum atomic E-state index is 6.88. The van der Waals surface area contributed by atoms with Crippen LogP contribution in [0, 0.1) is 0 Å². The van der Waals surface area contributed by atoms with Gasteiger partial charge in [0.25, 0.3) is 0 Å². The highest BCUT2D eigenvalue weighted by Crippen LogP contribution is 2.68. The second kappa shape index (κ2) is 17.6. The third kappa shape index (κ3) is 5.94. The predicted octanol–water partition coefficient (Wildman–Crippen LogP) is 20.1. The minimum Gasteiger partial charge on any atom is -0.457 e. The van der Waals surface area contributed by atoms with Crippen LogP contribution in [0.4, 0.5) is 17.1 Å². The zero-order valence-corrected chi connectivity index (χ0v) is 45.7. The summed E-state index contributed by atoms with van der Waals surface area (Å²) in [5.74, 6) is 3.49. The molecule has 13 aromatic rings. The molecule has 0 atom stereocenters. The molecule has 392 valence electrons. The quantitative estimate of drug-likeness (QED) is 0.166. The van der Waals surface area contributed by atoms with Gasteiger partial charge in [-0.2, -0.15) is 0 Å². The van der Waals surface area contributed by atoms with Crippen LogP contribution in [0.2, 0.25) is 0 Å². The highest BCUT2D eigenvalue weighted by atomic mass is 16.5. The SMILES string of the molecule is c1ccc(C2(c3ccccc3)c3ccccc3-c3c(N(c4ccccc4-c4cccc5c4-c4ccccc4C54c5ccccc5Oc5ccccc54)c4cccc5c4-c4ccccc4C54c5ccccc5Oc5ccccc54)cccc32)cc1. The molecule has 0 amide bonds. The highest BCUT2D eigenvalue weighted by molar-refractivity contribution is 6.07. The molecule has 2 aliphatic heterocycles. The first-order valence-corrected chi connectivity index (χ1v) is 29.2. The highest BCUT2D eigenvalue weighted by Gasteiger charge is 2.54. The van der Waals surface area contributed by atoms with E-state index < -0.39 is 16.2 Å². The number of fused-ring (bicyclic) bond motifs is 21. The summed E-state index contributed by atoms with van der Waals surface area (Å²) < 4.78 is 13.7. The molecular formula is C81H51NO2. The Morgan fingerprint density at radius 3 is 0.929 bits per heavy atom. The normalized spacial score (nSPS) is 14.7. The lowest BCUT2D eigenvalue weighted by atomic mass is 9.66. The molecule has 0 aromatic heterocycles. The van der Waals surface area contributed by atoms with E-state index in [1.54, 1.807) is 0 Å². The first-order valence-electron chi connectivity index (χ1n) is 29.2. The van der Waals surface area contributed by atoms with Crippen LogP contribution in [0.1, 0.15) is 66.8 Å². The Hall–Kier alpha value is -10.7. The van der Waals surface area contributed by atoms with Gasteiger partial charge in [-0.3, -0.25) is 0 Å². The van der Waals surface area contributed by atoms with Gasteiger partial charge in [-0.1, -0.05) is 267 Å². The summed E-state index contributed by atoms with van der Waals surface area (Å²) in [4.78, 5) is 2.64. The van der Waals surface area contributed by atoms with Crippen LogP contribution in [0.15, 0.2) is 309 Å². The van der Waals surface area contributed by atoms with Gasteiger partial charge in [0.1, 0.15) is 23.0 Å². The van der Waals surface area contributed by atoms with Crippen molar-refractivity contribution >= 4 is 17.1 Å². The number of ether oxygens (including phenoxy) is 2. The number of hydrogen-bond donors (Lipinski definition) is 0. The summed E-state index contributed by atoms with van der Waals surface area (Å²) >= 11 is 0. The topological polar surface area (TPSA) is 21.7 Å². The Kier molecular flexibility index (Phi) is 9.86. The first-order chi connectivity index (χ1) is 41.7. The molecule has 18 rings (SSSR count). The van der Waals surface area contributed by atoms with Crippen molar-refractivity contribution in [1.29, 1.82) is 0 Å². The summed E-state index contributed by atoms with van der Waals surface area (Å²) in [6.45, 7) is 0. The second-order valence-corrected chi connectivity index (χ2v) is 22.8. The van der Waals surface area contributed by atoms with E-state index in [0.29, 0.717) is 0 Å². The predicted molar refractivity (Wildman–Crippen MR) is 339 cm³/mol. The van der Waals surface area contributed by atoms with Crippen LogP contribution in [0.25, 0.3) is 44.5 Å². The van der Waals surface area contributed by atoms with Gasteiger partial charge in [0.2, 0.25) is 0 Å². The van der Waals surface area contributed by atoms with Crippen LogP contribution >= 0.6 is 0 Å². The average molecular weight is 1070 g/mol. The molecule has 3 heteroatoms. The molecule has 2 heterocycles. The van der Waals surface area contributed by atoms with Crippen LogP contribution in [-0.4, -0.2) is 0 Å². The van der Waals surface area contributed by atoms with Crippen LogP contribution < -0.4 is 14.4 Å². The van der Waals surface area contributed by atoms with E-state index >= 15 is 0 Å². The fourth-order valence-electron chi connectivity index (χ4n) is 16.1. The van der Waals surface area contributed by atoms with Crippen molar-refractivity contribution in [2.45, 2.75) is 16.2 Å². The molecule has 0 radical (unpaired) electrons. The third-order valence-corrected chi connectivity index (χ3v) is 19.1. The van der Waals surface area contributed by atoms with E-state index in [9.17, 15) is 0 Å². The molecule has 0 fully saturated rings. The summed E-state index contributed by atoms with van der Waals surface area (Å²) in [5.41, 5.74) is 25.3. The van der Waals surface area contributed by atoms with E-state index in [1.165, 1.54) is 77.9 Å². The minimum atomic E-state index is -0.686. The number of rotatable bonds is 6. The first kappa shape index (κ1) is 47.0. The number of nitrogens with zero attached hydrogens (tertiary/aromatic N) is 1. The lowest BCUT2D eigenvalue weighted by Crippen LogP contribution is -2.32. The van der Waals surface area contributed by atoms with Crippen molar-refractivity contribution in [2.24, 2.45) is 0 Å². The zero-order valence-electron chi connectivity index (χ0n) is 45.7. The molecule has 0 bridgehead atoms. The minimum absolute atomic E-state index is 0.630. The molecule has 13 aromatic carbocycles. The molecule has 0 unspecified atom stereocenters. The Morgan fingerprint density at radius 2 is 0.476 bits per heavy atom. The lowest BCUT2D eigenvalue weighted by molar-refractivity contribution is 0.436. The molecule has 0 saturated carbocycles. The summed E-state index contributed by atoms with van der Waals surface area (Å²) in [6.07, 6.45) is 0. The van der Waals surface area contributed by atoms with E-state index in [2.05, 4.69) is 314 Å². The van der Waals surface area contributed by atoms with Crippen molar-refractivity contribution in [3.63, 3.8) is 0 Å². The monoisotopic (exact) mass is 1070 g/mol. The summed E-state index contributed by atoms with van der Waals surface area (Å²) in [5, 5.41) is 0. The molecular weight excluding hydrogens is 1020 g/mol. The number of hydrogen-bond acceptors (Lipinski definition) is 3. The van der Waals surface area contributed by atoms with Gasteiger partial charge in [0.05, 0.1) is 33.3 Å². The Balaban J connectivity index is 0.971. The van der Waals surface area contributed by atoms with Crippen LogP contribution in [-0.2, 0) is 16.2 Å². The van der Waals surface area contributed by atoms with Crippen LogP contribution in [0.3, 0.4) is 0 Å². The third-order valence-electron chi connectivity index (χ3n) is 19.1. The number of anilines is 3. The van der Waals surface area contributed by atoms with Crippen LogP contribution in [0.5, 0.6) is 23.0 Å². The molecule has 0 N–H and O–H groups in total. The van der Waals surface area contributed by atoms with Crippen molar-refractivity contribution in [3.05, 3.63) is 376 Å². The van der Waals surface area contributed by atoms with Gasteiger partial charge in [-0.15, -0.1) is 0 Å². The summed E-state index contributed by atoms with van der Waals surface area (Å²) in [6, 6.07) is 115. The van der Waals surface area contributed by atoms with E-state index in [0.717, 1.165) is 73.4 Å². The van der Waals surface area contributed by atoms with Gasteiger partial charge in [0.15, 0.2) is 0 Å². The molecule has 3 aliphatic carbocycles. The Bertz CT molecular complexity index is 4750. The summed E-state index contributed by atoms with van der Waals surface area (Å²) in [7, 11) is 0. The van der Waals surface area contributed by atoms with Gasteiger partial charge in [-0.25, -0.2) is 0 Å². The molecule has 0 saturated heterocycles. The molecule has 5 aliphatic rings. The average Bonchev–Trinajstić information content (AvgIpc) is 1.62. The van der Waals surface area contributed by atoms with E-state index in [-0.39, 0.29) is 0 Å². The fourth-order valence-corrected chi connectivity index (χ4v) is 16.1. The number of para-hydroxylation sites is 5. The largest absolute Gasteiger partial charge is 0.457 e. The molecule has 84 heavy (non-hydrogen) atoms. The van der Waals surface area contributed by atoms with E-state index in [4.69, 9.17) is 9.47 Å². The van der Waals surface area contributed by atoms with Crippen molar-refractivity contribution in [2.75, 3.05) is 4.90 Å². The number of benzene rings is 13. The van der Waals surface area contributed by atoms with Gasteiger partial charge in [0, 0.05) is 38.9 Å². The van der Waals surface area contributed by atoms with Crippen molar-refractivity contribution < 1.29 is 9.47 Å². The van der Waals surface area contributed by atoms with E-state index in [1.807, 2.05) is 0 Å². The van der Waals surface area contributed by atoms with Gasteiger partial charge < -0.3 is 14.4 Å². The molecule has 2 spiro atoms. The van der Waals surface area contributed by atoms with Gasteiger partial charge in [-0.05, 0) is 115 Å². The molecule has 3 nitrogen and oxygen atoms in total. The zero-order chi connectivity index (χ0) is 55.1. The van der Waals surface area contributed by atoms with Gasteiger partial charge >= 0.3 is 0 Å². The smallest absolute Gasteiger partial charge is 0.132 e. The van der Waals surface area contributed by atoms with Crippen molar-refractivity contribution in [1.82, 2.24) is 0 Å². The maximum Gasteiger partial charge on any atom is 0.132 e. The van der Waals surface area contributed by atoms with Crippen molar-refractivity contribution in [3.8, 4) is 67.5 Å². The Labute approximate surface area is 488 Å². The standard InChI is InChI=1S/C81H51NO2/c1-3-26-52(27-4-1)79(53-28-5-2-6-29-53)59-35-11-8-32-57(59)77-67(79)43-24-46-70(77)82(71-47-25-44-68-78(71)58-33-9-13-37-61(58)81(68)64-40-16-21-50-74(64)84-75-51-22-17-41-65(75)81)69-45-18-10-30-54(69)55-34-23-42-66-76(55)56-31-7-12-36-60(56)80(66)62-38-14-19-48-72(62)83-73-49-20-15-39-63(73)80/h1-51H. The maximum absolute atomic E-state index is 6.88.